The number of rotatable bonds is 7. The van der Waals surface area contributed by atoms with Crippen molar-refractivity contribution in [2.45, 2.75) is 63.7 Å². The van der Waals surface area contributed by atoms with E-state index in [0.717, 1.165) is 61.0 Å². The van der Waals surface area contributed by atoms with Gasteiger partial charge < -0.3 is 19.2 Å². The molecule has 13 heteroatoms. The van der Waals surface area contributed by atoms with Gasteiger partial charge in [0, 0.05) is 30.3 Å². The molecule has 0 radical (unpaired) electrons. The number of alkyl halides is 3. The van der Waals surface area contributed by atoms with Crippen LogP contribution < -0.4 is 9.64 Å². The summed E-state index contributed by atoms with van der Waals surface area (Å²) < 4.78 is 47.5. The molecule has 2 aliphatic rings. The molecule has 0 unspecified atom stereocenters. The Balaban J connectivity index is 1.27. The zero-order chi connectivity index (χ0) is 29.9. The molecule has 5 aromatic rings. The fourth-order valence-corrected chi connectivity index (χ4v) is 5.91. The van der Waals surface area contributed by atoms with E-state index in [1.54, 1.807) is 18.0 Å². The van der Waals surface area contributed by atoms with Crippen molar-refractivity contribution >= 4 is 17.0 Å². The van der Waals surface area contributed by atoms with Gasteiger partial charge in [-0.15, -0.1) is 0 Å². The molecule has 10 nitrogen and oxygen atoms in total. The number of hydrogen-bond donors (Lipinski definition) is 1. The van der Waals surface area contributed by atoms with Gasteiger partial charge in [-0.2, -0.15) is 13.2 Å². The van der Waals surface area contributed by atoms with Crippen LogP contribution in [0.5, 0.6) is 5.88 Å². The number of methoxy groups -OCH3 is 1. The zero-order valence-electron chi connectivity index (χ0n) is 23.9. The Hall–Kier alpha value is -4.55. The van der Waals surface area contributed by atoms with E-state index in [-0.39, 0.29) is 12.1 Å². The first kappa shape index (κ1) is 27.3. The van der Waals surface area contributed by atoms with Crippen molar-refractivity contribution in [1.82, 2.24) is 39.5 Å². The Bertz CT molecular complexity index is 1790. The molecule has 4 aromatic heterocycles. The second-order valence-corrected chi connectivity index (χ2v) is 11.3. The number of nitrogens with one attached hydrogen (secondary N) is 1. The molecule has 1 saturated carbocycles. The number of H-pyrrole nitrogens is 1. The lowest BCUT2D eigenvalue weighted by Gasteiger charge is -2.27. The van der Waals surface area contributed by atoms with Gasteiger partial charge >= 0.3 is 6.18 Å². The largest absolute Gasteiger partial charge is 0.480 e. The van der Waals surface area contributed by atoms with Gasteiger partial charge in [0.05, 0.1) is 25.2 Å². The van der Waals surface area contributed by atoms with Crippen LogP contribution in [-0.4, -0.2) is 53.1 Å². The monoisotopic (exact) mass is 589 g/mol. The number of nitrogens with zero attached hydrogens (tertiary/aromatic N) is 8. The van der Waals surface area contributed by atoms with Crippen molar-refractivity contribution in [2.24, 2.45) is 0 Å². The average Bonchev–Trinajstić information content (AvgIpc) is 3.37. The van der Waals surface area contributed by atoms with E-state index in [2.05, 4.69) is 29.8 Å². The molecule has 1 saturated heterocycles. The van der Waals surface area contributed by atoms with E-state index in [0.29, 0.717) is 40.2 Å². The summed E-state index contributed by atoms with van der Waals surface area (Å²) in [7, 11) is 1.58. The van der Waals surface area contributed by atoms with Crippen LogP contribution in [0.1, 0.15) is 74.5 Å². The van der Waals surface area contributed by atoms with E-state index >= 15 is 0 Å². The molecular formula is C30H30F3N9O. The lowest BCUT2D eigenvalue weighted by molar-refractivity contribution is -0.140. The lowest BCUT2D eigenvalue weighted by atomic mass is 10.0. The molecule has 2 fully saturated rings. The lowest BCUT2D eigenvalue weighted by Crippen LogP contribution is -2.24. The van der Waals surface area contributed by atoms with Gasteiger partial charge in [0.15, 0.2) is 23.0 Å². The number of anilines is 1. The van der Waals surface area contributed by atoms with Gasteiger partial charge in [-0.25, -0.2) is 29.9 Å². The fraction of sp³-hybridized carbons (Fsp3) is 0.400. The van der Waals surface area contributed by atoms with Crippen molar-refractivity contribution < 1.29 is 17.9 Å². The molecule has 1 N–H and O–H groups in total. The average molecular weight is 590 g/mol. The minimum atomic E-state index is -4.51. The summed E-state index contributed by atoms with van der Waals surface area (Å²) in [6.45, 7) is 4.45. The third-order valence-corrected chi connectivity index (χ3v) is 8.15. The van der Waals surface area contributed by atoms with Crippen LogP contribution in [0.4, 0.5) is 19.0 Å². The normalized spacial score (nSPS) is 17.4. The maximum absolute atomic E-state index is 13.5. The molecule has 1 atom stereocenters. The molecule has 1 aliphatic heterocycles. The molecule has 0 amide bonds. The Morgan fingerprint density at radius 2 is 1.79 bits per heavy atom. The van der Waals surface area contributed by atoms with Crippen LogP contribution in [0, 0.1) is 0 Å². The van der Waals surface area contributed by atoms with E-state index < -0.39 is 11.9 Å². The Morgan fingerprint density at radius 3 is 2.49 bits per heavy atom. The number of hydrogen-bond acceptors (Lipinski definition) is 8. The van der Waals surface area contributed by atoms with Crippen molar-refractivity contribution in [3.8, 4) is 28.7 Å². The summed E-state index contributed by atoms with van der Waals surface area (Å²) in [4.78, 5) is 32.6. The third kappa shape index (κ3) is 4.86. The number of imidazole rings is 2. The maximum atomic E-state index is 13.5. The molecule has 7 rings (SSSR count). The molecule has 1 aliphatic carbocycles. The second kappa shape index (κ2) is 10.3. The first-order valence-electron chi connectivity index (χ1n) is 14.4. The van der Waals surface area contributed by atoms with Gasteiger partial charge in [0.1, 0.15) is 23.2 Å². The molecule has 43 heavy (non-hydrogen) atoms. The first-order chi connectivity index (χ1) is 20.7. The minimum absolute atomic E-state index is 0.00398. The third-order valence-electron chi connectivity index (χ3n) is 8.15. The SMILES string of the molecule is COc1ncnc(C2CC2)c1-c1nc(N2CCC[C@@H]2c2ccc(-c3nc(C(F)(F)F)cn3C(C)C)cc2)c2[nH]cnc2n1. The van der Waals surface area contributed by atoms with Crippen LogP contribution in [0.3, 0.4) is 0 Å². The van der Waals surface area contributed by atoms with Crippen LogP contribution in [0.25, 0.3) is 33.9 Å². The summed E-state index contributed by atoms with van der Waals surface area (Å²) in [5.41, 5.74) is 3.61. The van der Waals surface area contributed by atoms with Crippen LogP contribution >= 0.6 is 0 Å². The number of ether oxygens (including phenoxy) is 1. The highest BCUT2D eigenvalue weighted by atomic mass is 19.4. The predicted octanol–water partition coefficient (Wildman–Crippen LogP) is 6.50. The smallest absolute Gasteiger partial charge is 0.434 e. The quantitative estimate of drug-likeness (QED) is 0.229. The van der Waals surface area contributed by atoms with Gasteiger partial charge in [0.25, 0.3) is 0 Å². The Kier molecular flexibility index (Phi) is 6.55. The molecule has 0 spiro atoms. The second-order valence-electron chi connectivity index (χ2n) is 11.3. The van der Waals surface area contributed by atoms with Crippen molar-refractivity contribution in [2.75, 3.05) is 18.6 Å². The Morgan fingerprint density at radius 1 is 1.00 bits per heavy atom. The van der Waals surface area contributed by atoms with Gasteiger partial charge in [-0.3, -0.25) is 0 Å². The molecule has 0 bridgehead atoms. The zero-order valence-corrected chi connectivity index (χ0v) is 23.9. The fourth-order valence-electron chi connectivity index (χ4n) is 5.91. The summed E-state index contributed by atoms with van der Waals surface area (Å²) in [5, 5.41) is 0. The van der Waals surface area contributed by atoms with Gasteiger partial charge in [-0.1, -0.05) is 24.3 Å². The van der Waals surface area contributed by atoms with E-state index in [1.165, 1.54) is 6.33 Å². The molecular weight excluding hydrogens is 559 g/mol. The highest BCUT2D eigenvalue weighted by Gasteiger charge is 2.36. The number of benzene rings is 1. The Labute approximate surface area is 245 Å². The number of aromatic amines is 1. The van der Waals surface area contributed by atoms with Crippen molar-refractivity contribution in [3.05, 3.63) is 60.1 Å². The minimum Gasteiger partial charge on any atom is -0.480 e. The van der Waals surface area contributed by atoms with Gasteiger partial charge in [0.2, 0.25) is 5.88 Å². The molecule has 222 valence electrons. The molecule has 1 aromatic carbocycles. The first-order valence-corrected chi connectivity index (χ1v) is 14.4. The van der Waals surface area contributed by atoms with Crippen LogP contribution in [-0.2, 0) is 6.18 Å². The summed E-state index contributed by atoms with van der Waals surface area (Å²) >= 11 is 0. The van der Waals surface area contributed by atoms with E-state index in [1.807, 2.05) is 38.1 Å². The summed E-state index contributed by atoms with van der Waals surface area (Å²) in [6.07, 6.45) is 3.62. The summed E-state index contributed by atoms with van der Waals surface area (Å²) in [5.74, 6) is 2.24. The molecule has 5 heterocycles. The van der Waals surface area contributed by atoms with Gasteiger partial charge in [-0.05, 0) is 45.1 Å². The predicted molar refractivity (Wildman–Crippen MR) is 154 cm³/mol. The number of halogens is 3. The van der Waals surface area contributed by atoms with Crippen molar-refractivity contribution in [3.63, 3.8) is 0 Å². The number of aromatic nitrogens is 8. The summed E-state index contributed by atoms with van der Waals surface area (Å²) in [6, 6.07) is 7.45. The topological polar surface area (TPSA) is 111 Å². The van der Waals surface area contributed by atoms with E-state index in [4.69, 9.17) is 14.7 Å². The standard InChI is InChI=1S/C30H30F3N9O/c1-16(2)42-13-21(30(31,32)33)38-27(42)19-10-6-17(7-11-19)20-5-4-12-41(20)28-24-26(36-14-35-24)39-25(40-28)22-23(18-8-9-18)34-15-37-29(22)43-3/h6-7,10-11,13-16,18,20H,4-5,8-9,12H2,1-3H3,(H,35,36,39,40)/t20-/m1/s1. The maximum Gasteiger partial charge on any atom is 0.434 e. The highest BCUT2D eigenvalue weighted by Crippen LogP contribution is 2.46. The van der Waals surface area contributed by atoms with Crippen LogP contribution in [0.2, 0.25) is 0 Å². The highest BCUT2D eigenvalue weighted by molar-refractivity contribution is 5.86. The van der Waals surface area contributed by atoms with E-state index in [9.17, 15) is 13.2 Å². The van der Waals surface area contributed by atoms with Crippen molar-refractivity contribution in [1.29, 1.82) is 0 Å². The number of fused-ring (bicyclic) bond motifs is 1. The van der Waals surface area contributed by atoms with Crippen LogP contribution in [0.15, 0.2) is 43.1 Å².